The van der Waals surface area contributed by atoms with Crippen molar-refractivity contribution in [3.63, 3.8) is 0 Å². The predicted molar refractivity (Wildman–Crippen MR) is 102 cm³/mol. The highest BCUT2D eigenvalue weighted by atomic mass is 32.1. The Bertz CT molecular complexity index is 949. The van der Waals surface area contributed by atoms with Gasteiger partial charge in [0.15, 0.2) is 0 Å². The van der Waals surface area contributed by atoms with Gasteiger partial charge in [-0.1, -0.05) is 65.1 Å². The Morgan fingerprint density at radius 1 is 0.800 bits per heavy atom. The average molecular weight is 345 g/mol. The number of hydrogen-bond donors (Lipinski definition) is 1. The van der Waals surface area contributed by atoms with E-state index in [1.807, 2.05) is 83.9 Å². The minimum Gasteiger partial charge on any atom is -0.218 e. The molecule has 1 heterocycles. The Morgan fingerprint density at radius 2 is 1.48 bits per heavy atom. The predicted octanol–water partition coefficient (Wildman–Crippen LogP) is 5.64. The summed E-state index contributed by atoms with van der Waals surface area (Å²) in [6.07, 6.45) is 0. The van der Waals surface area contributed by atoms with Crippen LogP contribution in [-0.4, -0.2) is 4.98 Å². The Morgan fingerprint density at radius 3 is 2.24 bits per heavy atom. The smallest absolute Gasteiger partial charge is 0.211 e. The molecule has 5 nitrogen and oxygen atoms in total. The van der Waals surface area contributed by atoms with Gasteiger partial charge in [-0.15, -0.1) is 5.11 Å². The van der Waals surface area contributed by atoms with Gasteiger partial charge < -0.3 is 0 Å². The van der Waals surface area contributed by atoms with Gasteiger partial charge in [0, 0.05) is 0 Å². The van der Waals surface area contributed by atoms with Crippen molar-refractivity contribution in [1.29, 1.82) is 0 Å². The molecule has 0 amide bonds. The fourth-order valence-electron chi connectivity index (χ4n) is 2.36. The molecular formula is C19H15N5S. The van der Waals surface area contributed by atoms with Crippen LogP contribution < -0.4 is 10.5 Å². The summed E-state index contributed by atoms with van der Waals surface area (Å²) in [5.41, 5.74) is 5.69. The quantitative estimate of drug-likeness (QED) is 0.376. The van der Waals surface area contributed by atoms with Gasteiger partial charge >= 0.3 is 0 Å². The summed E-state index contributed by atoms with van der Waals surface area (Å²) in [6.45, 7) is 0. The standard InChI is InChI=1S/C19H15N5S/c1-3-9-15(10-4-1)21-22-23-24(16-11-5-2-6-12-16)19-20-17-13-7-8-14-18(17)25-19/h1-14H,(H,21,23). The van der Waals surface area contributed by atoms with Crippen LogP contribution >= 0.6 is 11.3 Å². The van der Waals surface area contributed by atoms with Crippen molar-refractivity contribution in [3.05, 3.63) is 84.9 Å². The van der Waals surface area contributed by atoms with Crippen molar-refractivity contribution >= 4 is 38.1 Å². The largest absolute Gasteiger partial charge is 0.218 e. The molecule has 1 aromatic heterocycles. The molecule has 0 spiro atoms. The number of hydrogen-bond acceptors (Lipinski definition) is 5. The number of anilines is 2. The van der Waals surface area contributed by atoms with E-state index in [9.17, 15) is 0 Å². The van der Waals surface area contributed by atoms with E-state index in [1.165, 1.54) is 0 Å². The zero-order valence-corrected chi connectivity index (χ0v) is 14.1. The molecule has 0 unspecified atom stereocenters. The highest BCUT2D eigenvalue weighted by molar-refractivity contribution is 7.22. The number of thiazole rings is 1. The summed E-state index contributed by atoms with van der Waals surface area (Å²) in [7, 11) is 0. The van der Waals surface area contributed by atoms with Gasteiger partial charge in [0.25, 0.3) is 0 Å². The maximum Gasteiger partial charge on any atom is 0.211 e. The van der Waals surface area contributed by atoms with Crippen LogP contribution in [0.4, 0.5) is 16.5 Å². The summed E-state index contributed by atoms with van der Waals surface area (Å²) < 4.78 is 1.13. The van der Waals surface area contributed by atoms with Gasteiger partial charge in [-0.2, -0.15) is 5.53 Å². The Balaban J connectivity index is 1.66. The molecule has 0 fully saturated rings. The maximum absolute atomic E-state index is 4.70. The normalized spacial score (nSPS) is 11.0. The number of nitrogens with one attached hydrogen (secondary N) is 1. The molecule has 0 atom stereocenters. The summed E-state index contributed by atoms with van der Waals surface area (Å²) in [6, 6.07) is 27.6. The van der Waals surface area contributed by atoms with Crippen LogP contribution in [0.3, 0.4) is 0 Å². The number of para-hydroxylation sites is 2. The third kappa shape index (κ3) is 3.49. The minimum atomic E-state index is 0.785. The van der Waals surface area contributed by atoms with Crippen LogP contribution in [0, 0.1) is 0 Å². The molecule has 0 saturated carbocycles. The summed E-state index contributed by atoms with van der Waals surface area (Å²) in [5.74, 6) is 0. The maximum atomic E-state index is 4.70. The molecule has 1 N–H and O–H groups in total. The highest BCUT2D eigenvalue weighted by Gasteiger charge is 2.13. The molecule has 0 aliphatic heterocycles. The first-order chi connectivity index (χ1) is 12.4. The van der Waals surface area contributed by atoms with E-state index in [0.29, 0.717) is 0 Å². The summed E-state index contributed by atoms with van der Waals surface area (Å²) >= 11 is 1.60. The van der Waals surface area contributed by atoms with Gasteiger partial charge in [-0.25, -0.2) is 9.99 Å². The van der Waals surface area contributed by atoms with Crippen LogP contribution in [0.1, 0.15) is 0 Å². The van der Waals surface area contributed by atoms with Crippen LogP contribution in [0.15, 0.2) is 95.3 Å². The molecule has 6 heteroatoms. The molecule has 0 aliphatic rings. The lowest BCUT2D eigenvalue weighted by atomic mass is 10.3. The van der Waals surface area contributed by atoms with Crippen LogP contribution in [0.5, 0.6) is 0 Å². The Hall–Kier alpha value is -3.25. The molecule has 0 radical (unpaired) electrons. The van der Waals surface area contributed by atoms with Crippen molar-refractivity contribution in [2.75, 3.05) is 5.01 Å². The summed E-state index contributed by atoms with van der Waals surface area (Å²) in [4.78, 5) is 4.70. The first-order valence-corrected chi connectivity index (χ1v) is 8.64. The van der Waals surface area contributed by atoms with Crippen LogP contribution in [-0.2, 0) is 0 Å². The molecule has 4 aromatic rings. The Kier molecular flexibility index (Phi) is 4.35. The third-order valence-electron chi connectivity index (χ3n) is 3.55. The van der Waals surface area contributed by atoms with Gasteiger partial charge in [-0.05, 0) is 36.4 Å². The van der Waals surface area contributed by atoms with Crippen molar-refractivity contribution in [1.82, 2.24) is 10.5 Å². The zero-order chi connectivity index (χ0) is 16.9. The van der Waals surface area contributed by atoms with E-state index in [0.717, 1.165) is 26.7 Å². The molecule has 122 valence electrons. The second kappa shape index (κ2) is 7.11. The molecule has 4 rings (SSSR count). The van der Waals surface area contributed by atoms with Gasteiger partial charge in [-0.3, -0.25) is 0 Å². The fourth-order valence-corrected chi connectivity index (χ4v) is 3.31. The second-order valence-corrected chi connectivity index (χ2v) is 6.28. The van der Waals surface area contributed by atoms with Crippen molar-refractivity contribution in [3.8, 4) is 0 Å². The first-order valence-electron chi connectivity index (χ1n) is 7.82. The molecular weight excluding hydrogens is 330 g/mol. The number of benzene rings is 3. The van der Waals surface area contributed by atoms with E-state index in [1.54, 1.807) is 11.3 Å². The zero-order valence-electron chi connectivity index (χ0n) is 13.3. The van der Waals surface area contributed by atoms with Crippen molar-refractivity contribution in [2.45, 2.75) is 0 Å². The minimum absolute atomic E-state index is 0.785. The number of fused-ring (bicyclic) bond motifs is 1. The first kappa shape index (κ1) is 15.3. The van der Waals surface area contributed by atoms with Crippen molar-refractivity contribution < 1.29 is 0 Å². The molecule has 0 aliphatic carbocycles. The van der Waals surface area contributed by atoms with E-state index in [-0.39, 0.29) is 0 Å². The molecule has 0 bridgehead atoms. The van der Waals surface area contributed by atoms with Crippen molar-refractivity contribution in [2.24, 2.45) is 10.3 Å². The Labute approximate surface area is 149 Å². The molecule has 25 heavy (non-hydrogen) atoms. The van der Waals surface area contributed by atoms with Crippen LogP contribution in [0.25, 0.3) is 10.2 Å². The molecule has 3 aromatic carbocycles. The number of rotatable bonds is 5. The monoisotopic (exact) mass is 345 g/mol. The lowest BCUT2D eigenvalue weighted by molar-refractivity contribution is 0.711. The lowest BCUT2D eigenvalue weighted by Gasteiger charge is -2.19. The van der Waals surface area contributed by atoms with Gasteiger partial charge in [0.1, 0.15) is 0 Å². The highest BCUT2D eigenvalue weighted by Crippen LogP contribution is 2.31. The SMILES string of the molecule is c1ccc(N=NNN(c2ccccc2)c2nc3ccccc3s2)cc1. The fraction of sp³-hybridized carbons (Fsp3) is 0. The van der Waals surface area contributed by atoms with E-state index in [4.69, 9.17) is 4.98 Å². The topological polar surface area (TPSA) is 52.9 Å². The van der Waals surface area contributed by atoms with E-state index >= 15 is 0 Å². The second-order valence-electron chi connectivity index (χ2n) is 5.27. The number of nitrogens with zero attached hydrogens (tertiary/aromatic N) is 4. The van der Waals surface area contributed by atoms with Gasteiger partial charge in [0.05, 0.1) is 21.6 Å². The molecule has 0 saturated heterocycles. The summed E-state index contributed by atoms with van der Waals surface area (Å²) in [5, 5.41) is 11.0. The van der Waals surface area contributed by atoms with Crippen LogP contribution in [0.2, 0.25) is 0 Å². The lowest BCUT2D eigenvalue weighted by Crippen LogP contribution is -2.28. The number of aromatic nitrogens is 1. The van der Waals surface area contributed by atoms with Gasteiger partial charge in [0.2, 0.25) is 5.13 Å². The van der Waals surface area contributed by atoms with E-state index < -0.39 is 0 Å². The number of hydrazine groups is 1. The average Bonchev–Trinajstić information content (AvgIpc) is 3.10. The third-order valence-corrected chi connectivity index (χ3v) is 4.58. The van der Waals surface area contributed by atoms with E-state index in [2.05, 4.69) is 21.9 Å².